The van der Waals surface area contributed by atoms with Crippen molar-refractivity contribution < 1.29 is 13.9 Å². The third kappa shape index (κ3) is 6.60. The van der Waals surface area contributed by atoms with Crippen LogP contribution in [0.4, 0.5) is 4.39 Å². The summed E-state index contributed by atoms with van der Waals surface area (Å²) < 4.78 is 17.3. The van der Waals surface area contributed by atoms with E-state index in [4.69, 9.17) is 5.73 Å². The summed E-state index contributed by atoms with van der Waals surface area (Å²) in [6.07, 6.45) is 4.58. The second-order valence-corrected chi connectivity index (χ2v) is 2.91. The predicted molar refractivity (Wildman–Crippen MR) is 53.3 cm³/mol. The van der Waals surface area contributed by atoms with E-state index in [0.29, 0.717) is 13.0 Å². The summed E-state index contributed by atoms with van der Waals surface area (Å²) in [5.74, 6) is -1.66. The van der Waals surface area contributed by atoms with Crippen LogP contribution in [0, 0.1) is 0 Å². The molecule has 0 saturated heterocycles. The maximum atomic E-state index is 12.9. The SMILES string of the molecule is CCOC(=O)C(F)=CCCCCCN. The summed E-state index contributed by atoms with van der Waals surface area (Å²) in [6.45, 7) is 2.50. The zero-order chi connectivity index (χ0) is 10.8. The third-order valence-electron chi connectivity index (χ3n) is 1.70. The Morgan fingerprint density at radius 2 is 2.14 bits per heavy atom. The molecule has 0 aliphatic rings. The highest BCUT2D eigenvalue weighted by molar-refractivity contribution is 5.85. The lowest BCUT2D eigenvalue weighted by atomic mass is 10.2. The molecule has 82 valence electrons. The molecule has 0 amide bonds. The number of esters is 1. The van der Waals surface area contributed by atoms with Gasteiger partial charge in [0, 0.05) is 0 Å². The van der Waals surface area contributed by atoms with Gasteiger partial charge in [-0.05, 0) is 38.8 Å². The van der Waals surface area contributed by atoms with Gasteiger partial charge >= 0.3 is 5.97 Å². The van der Waals surface area contributed by atoms with Gasteiger partial charge in [0.25, 0.3) is 0 Å². The van der Waals surface area contributed by atoms with E-state index in [0.717, 1.165) is 19.3 Å². The first-order chi connectivity index (χ1) is 6.72. The van der Waals surface area contributed by atoms with Crippen LogP contribution in [0.2, 0.25) is 0 Å². The van der Waals surface area contributed by atoms with Crippen molar-refractivity contribution in [1.29, 1.82) is 0 Å². The molecular weight excluding hydrogens is 185 g/mol. The van der Waals surface area contributed by atoms with Crippen molar-refractivity contribution in [2.75, 3.05) is 13.2 Å². The molecule has 0 rings (SSSR count). The van der Waals surface area contributed by atoms with E-state index in [1.807, 2.05) is 0 Å². The van der Waals surface area contributed by atoms with Crippen molar-refractivity contribution in [3.63, 3.8) is 0 Å². The highest BCUT2D eigenvalue weighted by atomic mass is 19.1. The van der Waals surface area contributed by atoms with Crippen molar-refractivity contribution in [1.82, 2.24) is 0 Å². The molecule has 0 unspecified atom stereocenters. The molecule has 0 heterocycles. The van der Waals surface area contributed by atoms with Gasteiger partial charge in [-0.25, -0.2) is 4.79 Å². The lowest BCUT2D eigenvalue weighted by Crippen LogP contribution is -2.04. The monoisotopic (exact) mass is 203 g/mol. The van der Waals surface area contributed by atoms with Crippen molar-refractivity contribution in [3.8, 4) is 0 Å². The number of allylic oxidation sites excluding steroid dienone is 1. The minimum Gasteiger partial charge on any atom is -0.461 e. The van der Waals surface area contributed by atoms with Gasteiger partial charge in [0.05, 0.1) is 6.61 Å². The second kappa shape index (κ2) is 8.69. The number of unbranched alkanes of at least 4 members (excludes halogenated alkanes) is 3. The van der Waals surface area contributed by atoms with E-state index in [1.165, 1.54) is 6.08 Å². The van der Waals surface area contributed by atoms with Crippen LogP contribution in [0.5, 0.6) is 0 Å². The van der Waals surface area contributed by atoms with Gasteiger partial charge in [-0.2, -0.15) is 4.39 Å². The van der Waals surface area contributed by atoms with Gasteiger partial charge in [-0.1, -0.05) is 6.42 Å². The molecule has 0 aromatic carbocycles. The number of hydrogen-bond donors (Lipinski definition) is 1. The van der Waals surface area contributed by atoms with Crippen LogP contribution in [0.1, 0.15) is 32.6 Å². The Bertz CT molecular complexity index is 193. The molecule has 0 aromatic rings. The summed E-state index contributed by atoms with van der Waals surface area (Å²) in [7, 11) is 0. The molecule has 0 radical (unpaired) electrons. The Kier molecular flexibility index (Phi) is 8.13. The first kappa shape index (κ1) is 13.1. The summed E-state index contributed by atoms with van der Waals surface area (Å²) in [4.78, 5) is 10.8. The lowest BCUT2D eigenvalue weighted by Gasteiger charge is -1.98. The van der Waals surface area contributed by atoms with Gasteiger partial charge in [0.2, 0.25) is 5.83 Å². The topological polar surface area (TPSA) is 52.3 Å². The molecule has 0 aromatic heterocycles. The molecule has 2 N–H and O–H groups in total. The van der Waals surface area contributed by atoms with E-state index < -0.39 is 11.8 Å². The smallest absolute Gasteiger partial charge is 0.366 e. The number of nitrogens with two attached hydrogens (primary N) is 1. The first-order valence-electron chi connectivity index (χ1n) is 4.95. The van der Waals surface area contributed by atoms with Crippen molar-refractivity contribution in [2.24, 2.45) is 5.73 Å². The maximum Gasteiger partial charge on any atom is 0.366 e. The number of hydrogen-bond acceptors (Lipinski definition) is 3. The zero-order valence-electron chi connectivity index (χ0n) is 8.59. The molecule has 0 spiro atoms. The Hall–Kier alpha value is -0.900. The number of carbonyl (C=O) groups excluding carboxylic acids is 1. The Morgan fingerprint density at radius 1 is 1.43 bits per heavy atom. The molecule has 0 fully saturated rings. The normalized spacial score (nSPS) is 11.5. The fourth-order valence-corrected chi connectivity index (χ4v) is 0.978. The highest BCUT2D eigenvalue weighted by Crippen LogP contribution is 2.06. The van der Waals surface area contributed by atoms with E-state index in [-0.39, 0.29) is 6.61 Å². The Balaban J connectivity index is 3.60. The van der Waals surface area contributed by atoms with Crippen LogP contribution in [-0.4, -0.2) is 19.1 Å². The number of ether oxygens (including phenoxy) is 1. The average molecular weight is 203 g/mol. The van der Waals surface area contributed by atoms with Crippen LogP contribution in [0.15, 0.2) is 11.9 Å². The van der Waals surface area contributed by atoms with Gasteiger partial charge in [0.1, 0.15) is 0 Å². The predicted octanol–water partition coefficient (Wildman–Crippen LogP) is 1.92. The number of halogens is 1. The fraction of sp³-hybridized carbons (Fsp3) is 0.700. The molecule has 0 atom stereocenters. The van der Waals surface area contributed by atoms with Crippen molar-refractivity contribution >= 4 is 5.97 Å². The minimum atomic E-state index is -0.869. The highest BCUT2D eigenvalue weighted by Gasteiger charge is 2.07. The first-order valence-corrected chi connectivity index (χ1v) is 4.95. The largest absolute Gasteiger partial charge is 0.461 e. The fourth-order valence-electron chi connectivity index (χ4n) is 0.978. The van der Waals surface area contributed by atoms with Crippen LogP contribution < -0.4 is 5.73 Å². The molecule has 0 bridgehead atoms. The average Bonchev–Trinajstić information content (AvgIpc) is 2.17. The van der Waals surface area contributed by atoms with E-state index in [1.54, 1.807) is 6.92 Å². The van der Waals surface area contributed by atoms with Crippen LogP contribution in [-0.2, 0) is 9.53 Å². The molecule has 0 aliphatic carbocycles. The molecule has 0 aliphatic heterocycles. The molecule has 4 heteroatoms. The van der Waals surface area contributed by atoms with E-state index >= 15 is 0 Å². The summed E-state index contributed by atoms with van der Waals surface area (Å²) in [6, 6.07) is 0. The van der Waals surface area contributed by atoms with Crippen LogP contribution in [0.3, 0.4) is 0 Å². The van der Waals surface area contributed by atoms with E-state index in [2.05, 4.69) is 4.74 Å². The molecule has 14 heavy (non-hydrogen) atoms. The number of carbonyl (C=O) groups is 1. The molecule has 0 saturated carbocycles. The summed E-state index contributed by atoms with van der Waals surface area (Å²) >= 11 is 0. The summed E-state index contributed by atoms with van der Waals surface area (Å²) in [5, 5.41) is 0. The quantitative estimate of drug-likeness (QED) is 0.390. The van der Waals surface area contributed by atoms with E-state index in [9.17, 15) is 9.18 Å². The van der Waals surface area contributed by atoms with Crippen LogP contribution >= 0.6 is 0 Å². The minimum absolute atomic E-state index is 0.202. The Morgan fingerprint density at radius 3 is 2.71 bits per heavy atom. The van der Waals surface area contributed by atoms with Crippen molar-refractivity contribution in [2.45, 2.75) is 32.6 Å². The number of rotatable bonds is 7. The summed E-state index contributed by atoms with van der Waals surface area (Å²) in [5.41, 5.74) is 5.29. The van der Waals surface area contributed by atoms with Gasteiger partial charge in [-0.3, -0.25) is 0 Å². The van der Waals surface area contributed by atoms with Gasteiger partial charge in [-0.15, -0.1) is 0 Å². The standard InChI is InChI=1S/C10H18FNO2/c1-2-14-10(13)9(11)7-5-3-4-6-8-12/h7H,2-6,8,12H2,1H3. The maximum absolute atomic E-state index is 12.9. The van der Waals surface area contributed by atoms with Crippen LogP contribution in [0.25, 0.3) is 0 Å². The third-order valence-corrected chi connectivity index (χ3v) is 1.70. The van der Waals surface area contributed by atoms with Gasteiger partial charge < -0.3 is 10.5 Å². The van der Waals surface area contributed by atoms with Crippen molar-refractivity contribution in [3.05, 3.63) is 11.9 Å². The zero-order valence-corrected chi connectivity index (χ0v) is 8.59. The Labute approximate surface area is 84.1 Å². The van der Waals surface area contributed by atoms with Gasteiger partial charge in [0.15, 0.2) is 0 Å². The molecular formula is C10H18FNO2. The lowest BCUT2D eigenvalue weighted by molar-refractivity contribution is -0.140. The second-order valence-electron chi connectivity index (χ2n) is 2.91. The molecule has 3 nitrogen and oxygen atoms in total.